The number of pyridine rings is 2. The molecular formula is C24H32N6O3. The molecule has 176 valence electrons. The van der Waals surface area contributed by atoms with Crippen LogP contribution in [0.5, 0.6) is 0 Å². The van der Waals surface area contributed by atoms with Gasteiger partial charge in [-0.2, -0.15) is 0 Å². The van der Waals surface area contributed by atoms with E-state index in [1.807, 2.05) is 29.2 Å². The van der Waals surface area contributed by atoms with E-state index in [0.29, 0.717) is 43.2 Å². The minimum absolute atomic E-state index is 0.0258. The first kappa shape index (κ1) is 23.1. The Morgan fingerprint density at radius 1 is 1.18 bits per heavy atom. The highest BCUT2D eigenvalue weighted by molar-refractivity contribution is 6.05. The number of nitrogens with two attached hydrogens (primary N) is 1. The molecular weight excluding hydrogens is 420 g/mol. The Morgan fingerprint density at radius 2 is 1.94 bits per heavy atom. The Bertz CT molecular complexity index is 967. The van der Waals surface area contributed by atoms with Crippen molar-refractivity contribution in [2.24, 2.45) is 11.1 Å². The van der Waals surface area contributed by atoms with Crippen molar-refractivity contribution in [3.05, 3.63) is 54.0 Å². The summed E-state index contributed by atoms with van der Waals surface area (Å²) < 4.78 is 0. The second-order valence-corrected chi connectivity index (χ2v) is 8.83. The quantitative estimate of drug-likeness (QED) is 0.506. The number of carbonyl (C=O) groups excluding carboxylic acids is 1. The number of hydrogen-bond donors (Lipinski definition) is 2. The van der Waals surface area contributed by atoms with Crippen LogP contribution in [0.25, 0.3) is 0 Å². The lowest BCUT2D eigenvalue weighted by atomic mass is 9.84. The van der Waals surface area contributed by atoms with E-state index in [9.17, 15) is 9.90 Å². The van der Waals surface area contributed by atoms with Crippen LogP contribution in [-0.4, -0.2) is 75.4 Å². The van der Waals surface area contributed by atoms with Gasteiger partial charge in [0.1, 0.15) is 24.2 Å². The summed E-state index contributed by atoms with van der Waals surface area (Å²) in [6, 6.07) is 9.36. The summed E-state index contributed by atoms with van der Waals surface area (Å²) in [6.45, 7) is 3.55. The standard InChI is InChI=1S/C24H32N6O3/c1-33-28-22(20-4-2-3-10-26-20)24(32)8-14-30(15-9-24)23(31)19-6-12-29(13-7-19)17-18-5-11-27-21(25)16-18/h2-5,10-11,16,19,32H,6-9,12-15,17H2,1H3,(H2,25,27)/b28-22+. The van der Waals surface area contributed by atoms with E-state index in [2.05, 4.69) is 20.0 Å². The zero-order valence-corrected chi connectivity index (χ0v) is 19.1. The number of likely N-dealkylation sites (tertiary alicyclic amines) is 2. The van der Waals surface area contributed by atoms with Crippen LogP contribution in [0.1, 0.15) is 36.9 Å². The fourth-order valence-electron chi connectivity index (χ4n) is 4.75. The highest BCUT2D eigenvalue weighted by Gasteiger charge is 2.41. The van der Waals surface area contributed by atoms with E-state index in [0.717, 1.165) is 38.0 Å². The topological polar surface area (TPSA) is 117 Å². The molecule has 3 N–H and O–H groups in total. The van der Waals surface area contributed by atoms with Crippen LogP contribution in [0.2, 0.25) is 0 Å². The first-order chi connectivity index (χ1) is 16.0. The van der Waals surface area contributed by atoms with Crippen molar-refractivity contribution in [2.75, 3.05) is 39.0 Å². The highest BCUT2D eigenvalue weighted by atomic mass is 16.6. The van der Waals surface area contributed by atoms with Crippen LogP contribution < -0.4 is 5.73 Å². The zero-order valence-electron chi connectivity index (χ0n) is 19.1. The van der Waals surface area contributed by atoms with Crippen LogP contribution in [-0.2, 0) is 16.2 Å². The maximum Gasteiger partial charge on any atom is 0.225 e. The van der Waals surface area contributed by atoms with Crippen molar-refractivity contribution in [2.45, 2.75) is 37.8 Å². The van der Waals surface area contributed by atoms with Gasteiger partial charge in [0.2, 0.25) is 5.91 Å². The molecule has 0 bridgehead atoms. The van der Waals surface area contributed by atoms with Crippen molar-refractivity contribution in [3.8, 4) is 0 Å². The molecule has 4 rings (SSSR count). The molecule has 2 aromatic rings. The van der Waals surface area contributed by atoms with E-state index < -0.39 is 5.60 Å². The number of hydrogen-bond acceptors (Lipinski definition) is 8. The lowest BCUT2D eigenvalue weighted by molar-refractivity contribution is -0.139. The molecule has 0 aromatic carbocycles. The first-order valence-corrected chi connectivity index (χ1v) is 11.5. The normalized spacial score (nSPS) is 19.9. The lowest BCUT2D eigenvalue weighted by Crippen LogP contribution is -2.53. The Kier molecular flexibility index (Phi) is 7.20. The molecule has 9 nitrogen and oxygen atoms in total. The van der Waals surface area contributed by atoms with Crippen molar-refractivity contribution in [1.29, 1.82) is 0 Å². The van der Waals surface area contributed by atoms with Gasteiger partial charge in [0.15, 0.2) is 0 Å². The molecule has 0 aliphatic carbocycles. The fraction of sp³-hybridized carbons (Fsp3) is 0.500. The van der Waals surface area contributed by atoms with Gasteiger partial charge in [0.05, 0.1) is 5.69 Å². The Balaban J connectivity index is 1.31. The van der Waals surface area contributed by atoms with Crippen LogP contribution >= 0.6 is 0 Å². The predicted molar refractivity (Wildman–Crippen MR) is 125 cm³/mol. The van der Waals surface area contributed by atoms with Gasteiger partial charge >= 0.3 is 0 Å². The van der Waals surface area contributed by atoms with E-state index in [-0.39, 0.29) is 11.8 Å². The number of amides is 1. The van der Waals surface area contributed by atoms with Crippen molar-refractivity contribution < 1.29 is 14.7 Å². The van der Waals surface area contributed by atoms with Gasteiger partial charge in [-0.05, 0) is 68.6 Å². The van der Waals surface area contributed by atoms with Gasteiger partial charge in [0, 0.05) is 37.9 Å². The van der Waals surface area contributed by atoms with Gasteiger partial charge in [0.25, 0.3) is 0 Å². The average Bonchev–Trinajstić information content (AvgIpc) is 2.83. The van der Waals surface area contributed by atoms with E-state index in [1.54, 1.807) is 18.5 Å². The summed E-state index contributed by atoms with van der Waals surface area (Å²) in [4.78, 5) is 30.8. The predicted octanol–water partition coefficient (Wildman–Crippen LogP) is 1.67. The Morgan fingerprint density at radius 3 is 2.58 bits per heavy atom. The molecule has 2 fully saturated rings. The molecule has 33 heavy (non-hydrogen) atoms. The number of aliphatic hydroxyl groups is 1. The number of oxime groups is 1. The molecule has 2 aliphatic rings. The molecule has 0 unspecified atom stereocenters. The minimum Gasteiger partial charge on any atom is -0.399 e. The number of nitrogens with zero attached hydrogens (tertiary/aromatic N) is 5. The minimum atomic E-state index is -1.17. The van der Waals surface area contributed by atoms with Gasteiger partial charge in [-0.15, -0.1) is 0 Å². The summed E-state index contributed by atoms with van der Waals surface area (Å²) in [5.74, 6) is 0.746. The summed E-state index contributed by atoms with van der Waals surface area (Å²) in [5.41, 5.74) is 6.76. The number of piperidine rings is 2. The summed E-state index contributed by atoms with van der Waals surface area (Å²) in [7, 11) is 1.46. The third-order valence-corrected chi connectivity index (χ3v) is 6.62. The van der Waals surface area contributed by atoms with E-state index >= 15 is 0 Å². The van der Waals surface area contributed by atoms with Gasteiger partial charge in [-0.25, -0.2) is 4.98 Å². The van der Waals surface area contributed by atoms with Crippen LogP contribution in [0.15, 0.2) is 47.9 Å². The van der Waals surface area contributed by atoms with Gasteiger partial charge in [-0.1, -0.05) is 11.2 Å². The molecule has 2 aliphatic heterocycles. The van der Waals surface area contributed by atoms with Gasteiger partial charge in [-0.3, -0.25) is 14.7 Å². The number of anilines is 1. The molecule has 9 heteroatoms. The SMILES string of the molecule is CO/N=C(\c1ccccn1)C1(O)CCN(C(=O)C2CCN(Cc3ccnc(N)c3)CC2)CC1. The maximum atomic E-state index is 13.2. The molecule has 0 atom stereocenters. The van der Waals surface area contributed by atoms with Crippen LogP contribution in [0, 0.1) is 5.92 Å². The van der Waals surface area contributed by atoms with Crippen LogP contribution in [0.4, 0.5) is 5.82 Å². The van der Waals surface area contributed by atoms with Crippen molar-refractivity contribution in [1.82, 2.24) is 19.8 Å². The molecule has 4 heterocycles. The third-order valence-electron chi connectivity index (χ3n) is 6.62. The monoisotopic (exact) mass is 452 g/mol. The lowest BCUT2D eigenvalue weighted by Gasteiger charge is -2.40. The molecule has 0 saturated carbocycles. The molecule has 1 amide bonds. The number of aromatic nitrogens is 2. The zero-order chi connectivity index (χ0) is 23.3. The van der Waals surface area contributed by atoms with Gasteiger partial charge < -0.3 is 20.6 Å². The Hall–Kier alpha value is -3.04. The second-order valence-electron chi connectivity index (χ2n) is 8.83. The smallest absolute Gasteiger partial charge is 0.225 e. The van der Waals surface area contributed by atoms with E-state index in [4.69, 9.17) is 10.6 Å². The summed E-state index contributed by atoms with van der Waals surface area (Å²) in [6.07, 6.45) is 5.88. The number of rotatable bonds is 6. The average molecular weight is 453 g/mol. The molecule has 0 spiro atoms. The van der Waals surface area contributed by atoms with Crippen molar-refractivity contribution >= 4 is 17.4 Å². The summed E-state index contributed by atoms with van der Waals surface area (Å²) in [5, 5.41) is 15.4. The largest absolute Gasteiger partial charge is 0.399 e. The Labute approximate surface area is 194 Å². The maximum absolute atomic E-state index is 13.2. The molecule has 0 radical (unpaired) electrons. The fourth-order valence-corrected chi connectivity index (χ4v) is 4.75. The third kappa shape index (κ3) is 5.48. The number of nitrogen functional groups attached to an aromatic ring is 1. The summed E-state index contributed by atoms with van der Waals surface area (Å²) >= 11 is 0. The highest BCUT2D eigenvalue weighted by Crippen LogP contribution is 2.29. The molecule has 2 aromatic heterocycles. The van der Waals surface area contributed by atoms with Crippen molar-refractivity contribution in [3.63, 3.8) is 0 Å². The van der Waals surface area contributed by atoms with Crippen LogP contribution in [0.3, 0.4) is 0 Å². The first-order valence-electron chi connectivity index (χ1n) is 11.5. The molecule has 2 saturated heterocycles. The second kappa shape index (κ2) is 10.3. The number of carbonyl (C=O) groups is 1. The van der Waals surface area contributed by atoms with E-state index in [1.165, 1.54) is 7.11 Å².